The summed E-state index contributed by atoms with van der Waals surface area (Å²) in [6, 6.07) is 12.7. The molecule has 2 aliphatic rings. The molecule has 4 rings (SSSR count). The van der Waals surface area contributed by atoms with Gasteiger partial charge in [0.25, 0.3) is 0 Å². The molecule has 0 N–H and O–H groups in total. The van der Waals surface area contributed by atoms with Crippen LogP contribution in [0.1, 0.15) is 12.6 Å². The molecule has 0 bridgehead atoms. The molecular weight excluding hydrogens is 286 g/mol. The molecule has 0 aliphatic carbocycles. The number of aromatic nitrogens is 1. The van der Waals surface area contributed by atoms with E-state index in [2.05, 4.69) is 53.1 Å². The summed E-state index contributed by atoms with van der Waals surface area (Å²) in [4.78, 5) is 9.83. The molecule has 3 heterocycles. The van der Waals surface area contributed by atoms with Crippen molar-refractivity contribution < 1.29 is 4.74 Å². The van der Waals surface area contributed by atoms with Crippen LogP contribution in [0.25, 0.3) is 10.9 Å². The van der Waals surface area contributed by atoms with Crippen LogP contribution in [-0.2, 0) is 11.3 Å². The zero-order valence-electron chi connectivity index (χ0n) is 13.8. The third kappa shape index (κ3) is 3.25. The molecule has 2 atom stereocenters. The first kappa shape index (κ1) is 15.1. The van der Waals surface area contributed by atoms with Gasteiger partial charge >= 0.3 is 0 Å². The predicted octanol–water partition coefficient (Wildman–Crippen LogP) is 2.39. The van der Waals surface area contributed by atoms with E-state index in [1.807, 2.05) is 0 Å². The minimum Gasteiger partial charge on any atom is -0.375 e. The lowest BCUT2D eigenvalue weighted by molar-refractivity contribution is 0.0511. The summed E-state index contributed by atoms with van der Waals surface area (Å²) < 4.78 is 6.09. The lowest BCUT2D eigenvalue weighted by atomic mass is 10.1. The molecule has 0 spiro atoms. The number of ether oxygens (including phenoxy) is 1. The van der Waals surface area contributed by atoms with E-state index in [1.165, 1.54) is 11.9 Å². The summed E-state index contributed by atoms with van der Waals surface area (Å²) in [5.41, 5.74) is 2.25. The average molecular weight is 311 g/mol. The first-order valence-corrected chi connectivity index (χ1v) is 8.73. The van der Waals surface area contributed by atoms with Crippen LogP contribution in [0, 0.1) is 5.92 Å². The van der Waals surface area contributed by atoms with E-state index in [0.29, 0.717) is 12.0 Å². The van der Waals surface area contributed by atoms with Gasteiger partial charge in [0.15, 0.2) is 0 Å². The van der Waals surface area contributed by atoms with Gasteiger partial charge in [-0.05, 0) is 18.7 Å². The Labute approximate surface area is 138 Å². The Balaban J connectivity index is 1.45. The first-order chi connectivity index (χ1) is 11.3. The molecule has 0 amide bonds. The first-order valence-electron chi connectivity index (χ1n) is 8.73. The van der Waals surface area contributed by atoms with E-state index in [0.717, 1.165) is 50.5 Å². The third-order valence-electron chi connectivity index (χ3n) is 5.18. The molecule has 0 unspecified atom stereocenters. The summed E-state index contributed by atoms with van der Waals surface area (Å²) >= 11 is 0. The number of likely N-dealkylation sites (tertiary alicyclic amines) is 1. The van der Waals surface area contributed by atoms with Crippen LogP contribution in [0.5, 0.6) is 0 Å². The number of hydrogen-bond donors (Lipinski definition) is 0. The van der Waals surface area contributed by atoms with E-state index in [-0.39, 0.29) is 0 Å². The van der Waals surface area contributed by atoms with Crippen molar-refractivity contribution in [3.63, 3.8) is 0 Å². The molecule has 4 nitrogen and oxygen atoms in total. The van der Waals surface area contributed by atoms with Crippen LogP contribution in [0.15, 0.2) is 36.4 Å². The molecule has 0 saturated carbocycles. The minimum atomic E-state index is 0.395. The fourth-order valence-electron chi connectivity index (χ4n) is 3.89. The number of benzene rings is 1. The Hall–Kier alpha value is -1.49. The topological polar surface area (TPSA) is 28.6 Å². The standard InChI is InChI=1S/C19H25N3O/c1-2-21-9-10-23-19-14-22(12-16(19)11-21)13-17-8-7-15-5-3-4-6-18(15)20-17/h3-8,16,19H,2,9-14H2,1H3/t16-,19-/m1/s1. The van der Waals surface area contributed by atoms with Crippen LogP contribution >= 0.6 is 0 Å². The van der Waals surface area contributed by atoms with Crippen molar-refractivity contribution in [3.8, 4) is 0 Å². The van der Waals surface area contributed by atoms with Gasteiger partial charge in [-0.3, -0.25) is 9.88 Å². The normalized spacial score (nSPS) is 26.3. The molecule has 2 saturated heterocycles. The maximum absolute atomic E-state index is 6.09. The second-order valence-electron chi connectivity index (χ2n) is 6.75. The van der Waals surface area contributed by atoms with Crippen molar-refractivity contribution in [3.05, 3.63) is 42.1 Å². The number of fused-ring (bicyclic) bond motifs is 2. The molecule has 2 fully saturated rings. The van der Waals surface area contributed by atoms with E-state index in [9.17, 15) is 0 Å². The number of nitrogens with zero attached hydrogens (tertiary/aromatic N) is 3. The molecule has 1 aromatic heterocycles. The highest BCUT2D eigenvalue weighted by Gasteiger charge is 2.36. The highest BCUT2D eigenvalue weighted by molar-refractivity contribution is 5.78. The molecular formula is C19H25N3O. The largest absolute Gasteiger partial charge is 0.375 e. The molecule has 1 aromatic carbocycles. The zero-order chi connectivity index (χ0) is 15.6. The Kier molecular flexibility index (Phi) is 4.29. The molecule has 2 aromatic rings. The second-order valence-corrected chi connectivity index (χ2v) is 6.75. The quantitative estimate of drug-likeness (QED) is 0.870. The van der Waals surface area contributed by atoms with Gasteiger partial charge in [0.05, 0.1) is 23.9 Å². The van der Waals surface area contributed by atoms with Crippen molar-refractivity contribution in [2.75, 3.05) is 39.3 Å². The monoisotopic (exact) mass is 311 g/mol. The Morgan fingerprint density at radius 1 is 1.09 bits per heavy atom. The van der Waals surface area contributed by atoms with Crippen molar-refractivity contribution in [2.45, 2.75) is 19.6 Å². The Bertz CT molecular complexity index is 674. The Morgan fingerprint density at radius 2 is 1.96 bits per heavy atom. The number of para-hydroxylation sites is 1. The third-order valence-corrected chi connectivity index (χ3v) is 5.18. The number of rotatable bonds is 3. The van der Waals surface area contributed by atoms with Crippen molar-refractivity contribution in [1.82, 2.24) is 14.8 Å². The molecule has 23 heavy (non-hydrogen) atoms. The highest BCUT2D eigenvalue weighted by atomic mass is 16.5. The van der Waals surface area contributed by atoms with Gasteiger partial charge in [0, 0.05) is 44.0 Å². The van der Waals surface area contributed by atoms with E-state index in [4.69, 9.17) is 9.72 Å². The van der Waals surface area contributed by atoms with Gasteiger partial charge in [-0.2, -0.15) is 0 Å². The summed E-state index contributed by atoms with van der Waals surface area (Å²) in [5.74, 6) is 0.637. The van der Waals surface area contributed by atoms with Crippen LogP contribution in [0.3, 0.4) is 0 Å². The van der Waals surface area contributed by atoms with Crippen LogP contribution in [-0.4, -0.2) is 60.2 Å². The van der Waals surface area contributed by atoms with Gasteiger partial charge in [-0.25, -0.2) is 0 Å². The maximum Gasteiger partial charge on any atom is 0.0755 e. The maximum atomic E-state index is 6.09. The lowest BCUT2D eigenvalue weighted by Crippen LogP contribution is -2.32. The SMILES string of the molecule is CCN1CCO[C@@H]2CN(Cc3ccc4ccccc4n3)C[C@H]2C1. The van der Waals surface area contributed by atoms with Crippen molar-refractivity contribution >= 4 is 10.9 Å². The van der Waals surface area contributed by atoms with Crippen molar-refractivity contribution in [1.29, 1.82) is 0 Å². The van der Waals surface area contributed by atoms with Crippen LogP contribution in [0.2, 0.25) is 0 Å². The minimum absolute atomic E-state index is 0.395. The lowest BCUT2D eigenvalue weighted by Gasteiger charge is -2.21. The van der Waals surface area contributed by atoms with Gasteiger partial charge < -0.3 is 9.64 Å². The van der Waals surface area contributed by atoms with Crippen molar-refractivity contribution in [2.24, 2.45) is 5.92 Å². The fraction of sp³-hybridized carbons (Fsp3) is 0.526. The molecule has 4 heteroatoms. The smallest absolute Gasteiger partial charge is 0.0755 e. The second kappa shape index (κ2) is 6.56. The number of pyridine rings is 1. The van der Waals surface area contributed by atoms with Crippen LogP contribution < -0.4 is 0 Å². The van der Waals surface area contributed by atoms with Gasteiger partial charge in [0.2, 0.25) is 0 Å². The summed E-state index contributed by atoms with van der Waals surface area (Å²) in [5, 5.41) is 1.21. The van der Waals surface area contributed by atoms with Gasteiger partial charge in [0.1, 0.15) is 0 Å². The molecule has 122 valence electrons. The fourth-order valence-corrected chi connectivity index (χ4v) is 3.89. The summed E-state index contributed by atoms with van der Waals surface area (Å²) in [6.45, 7) is 9.57. The van der Waals surface area contributed by atoms with Gasteiger partial charge in [-0.1, -0.05) is 31.2 Å². The summed E-state index contributed by atoms with van der Waals surface area (Å²) in [7, 11) is 0. The average Bonchev–Trinajstić information content (AvgIpc) is 2.84. The number of likely N-dealkylation sites (N-methyl/N-ethyl adjacent to an activating group) is 1. The molecule has 2 aliphatic heterocycles. The highest BCUT2D eigenvalue weighted by Crippen LogP contribution is 2.25. The van der Waals surface area contributed by atoms with E-state index >= 15 is 0 Å². The number of hydrogen-bond acceptors (Lipinski definition) is 4. The Morgan fingerprint density at radius 3 is 2.87 bits per heavy atom. The van der Waals surface area contributed by atoms with E-state index < -0.39 is 0 Å². The van der Waals surface area contributed by atoms with Crippen LogP contribution in [0.4, 0.5) is 0 Å². The van der Waals surface area contributed by atoms with Gasteiger partial charge in [-0.15, -0.1) is 0 Å². The van der Waals surface area contributed by atoms with E-state index in [1.54, 1.807) is 0 Å². The molecule has 0 radical (unpaired) electrons. The zero-order valence-corrected chi connectivity index (χ0v) is 13.8. The summed E-state index contributed by atoms with van der Waals surface area (Å²) in [6.07, 6.45) is 0.395. The predicted molar refractivity (Wildman–Crippen MR) is 92.4 cm³/mol.